The fraction of sp³-hybridized carbons (Fsp3) is 0.400. The van der Waals surface area contributed by atoms with Crippen molar-refractivity contribution in [3.63, 3.8) is 0 Å². The minimum atomic E-state index is -4.30. The topological polar surface area (TPSA) is 12.0 Å². The van der Waals surface area contributed by atoms with Gasteiger partial charge in [-0.05, 0) is 36.7 Å². The van der Waals surface area contributed by atoms with Crippen LogP contribution in [0.1, 0.15) is 23.6 Å². The van der Waals surface area contributed by atoms with Crippen molar-refractivity contribution < 1.29 is 13.2 Å². The molecule has 1 nitrogen and oxygen atoms in total. The molecule has 82 valence electrons. The van der Waals surface area contributed by atoms with E-state index in [1.54, 1.807) is 0 Å². The SMILES string of the molecule is FC(F)(F)c1ccc(Cl)c(C2CCN2)c1. The molecule has 1 aromatic rings. The van der Waals surface area contributed by atoms with Crippen molar-refractivity contribution in [2.45, 2.75) is 18.6 Å². The monoisotopic (exact) mass is 235 g/mol. The molecular weight excluding hydrogens is 227 g/mol. The van der Waals surface area contributed by atoms with Crippen LogP contribution in [0.3, 0.4) is 0 Å². The molecule has 5 heteroatoms. The van der Waals surface area contributed by atoms with Crippen molar-refractivity contribution >= 4 is 11.6 Å². The normalized spacial score (nSPS) is 21.2. The van der Waals surface area contributed by atoms with Gasteiger partial charge in [-0.15, -0.1) is 0 Å². The van der Waals surface area contributed by atoms with Gasteiger partial charge in [-0.3, -0.25) is 0 Å². The van der Waals surface area contributed by atoms with E-state index in [1.165, 1.54) is 6.07 Å². The summed E-state index contributed by atoms with van der Waals surface area (Å²) in [6.07, 6.45) is -3.47. The van der Waals surface area contributed by atoms with Crippen LogP contribution in [0.2, 0.25) is 5.02 Å². The summed E-state index contributed by atoms with van der Waals surface area (Å²) in [6.45, 7) is 0.831. The molecule has 0 radical (unpaired) electrons. The molecule has 0 spiro atoms. The van der Waals surface area contributed by atoms with Gasteiger partial charge in [0.05, 0.1) is 5.56 Å². The number of halogens is 4. The molecule has 15 heavy (non-hydrogen) atoms. The Hall–Kier alpha value is -0.740. The highest BCUT2D eigenvalue weighted by atomic mass is 35.5. The van der Waals surface area contributed by atoms with Gasteiger partial charge in [-0.1, -0.05) is 11.6 Å². The molecule has 1 unspecified atom stereocenters. The van der Waals surface area contributed by atoms with Crippen LogP contribution in [-0.4, -0.2) is 6.54 Å². The van der Waals surface area contributed by atoms with Gasteiger partial charge in [0.25, 0.3) is 0 Å². The Morgan fingerprint density at radius 1 is 1.33 bits per heavy atom. The van der Waals surface area contributed by atoms with E-state index in [2.05, 4.69) is 5.32 Å². The van der Waals surface area contributed by atoms with Crippen LogP contribution < -0.4 is 5.32 Å². The number of nitrogens with one attached hydrogen (secondary N) is 1. The first-order valence-corrected chi connectivity index (χ1v) is 4.96. The van der Waals surface area contributed by atoms with E-state index in [0.29, 0.717) is 10.6 Å². The average molecular weight is 236 g/mol. The van der Waals surface area contributed by atoms with E-state index in [1.807, 2.05) is 0 Å². The summed E-state index contributed by atoms with van der Waals surface area (Å²) < 4.78 is 37.3. The van der Waals surface area contributed by atoms with E-state index in [-0.39, 0.29) is 6.04 Å². The second-order valence-corrected chi connectivity index (χ2v) is 3.94. The molecule has 1 aliphatic rings. The standard InChI is InChI=1S/C10H9ClF3N/c11-8-2-1-6(10(12,13)14)5-7(8)9-3-4-15-9/h1-2,5,9,15H,3-4H2. The van der Waals surface area contributed by atoms with Crippen molar-refractivity contribution in [1.29, 1.82) is 0 Å². The van der Waals surface area contributed by atoms with E-state index in [9.17, 15) is 13.2 Å². The lowest BCUT2D eigenvalue weighted by atomic mass is 9.96. The Kier molecular flexibility index (Phi) is 2.64. The van der Waals surface area contributed by atoms with E-state index >= 15 is 0 Å². The van der Waals surface area contributed by atoms with Crippen LogP contribution >= 0.6 is 11.6 Å². The number of hydrogen-bond donors (Lipinski definition) is 1. The zero-order valence-corrected chi connectivity index (χ0v) is 8.49. The van der Waals surface area contributed by atoms with Crippen molar-refractivity contribution in [3.8, 4) is 0 Å². The number of alkyl halides is 3. The van der Waals surface area contributed by atoms with Crippen molar-refractivity contribution in [2.24, 2.45) is 0 Å². The third kappa shape index (κ3) is 2.11. The third-order valence-electron chi connectivity index (χ3n) is 2.52. The maximum Gasteiger partial charge on any atom is 0.416 e. The number of hydrogen-bond acceptors (Lipinski definition) is 1. The van der Waals surface area contributed by atoms with Crippen molar-refractivity contribution in [2.75, 3.05) is 6.54 Å². The Bertz CT molecular complexity index is 371. The van der Waals surface area contributed by atoms with E-state index in [0.717, 1.165) is 25.1 Å². The highest BCUT2D eigenvalue weighted by Gasteiger charge is 2.32. The van der Waals surface area contributed by atoms with E-state index in [4.69, 9.17) is 11.6 Å². The van der Waals surface area contributed by atoms with Gasteiger partial charge in [0.15, 0.2) is 0 Å². The number of benzene rings is 1. The lowest BCUT2D eigenvalue weighted by molar-refractivity contribution is -0.137. The first-order chi connectivity index (χ1) is 6.98. The molecular formula is C10H9ClF3N. The van der Waals surface area contributed by atoms with Crippen LogP contribution in [0.25, 0.3) is 0 Å². The fourth-order valence-electron chi connectivity index (χ4n) is 1.54. The molecule has 0 aliphatic carbocycles. The van der Waals surface area contributed by atoms with Crippen LogP contribution in [-0.2, 0) is 6.18 Å². The minimum absolute atomic E-state index is 0.0280. The third-order valence-corrected chi connectivity index (χ3v) is 2.87. The molecule has 1 aromatic carbocycles. The minimum Gasteiger partial charge on any atom is -0.310 e. The summed E-state index contributed by atoms with van der Waals surface area (Å²) in [7, 11) is 0. The number of rotatable bonds is 1. The first kappa shape index (κ1) is 10.8. The predicted octanol–water partition coefficient (Wildman–Crippen LogP) is 3.39. The van der Waals surface area contributed by atoms with Gasteiger partial charge in [0, 0.05) is 11.1 Å². The molecule has 1 atom stereocenters. The van der Waals surface area contributed by atoms with Gasteiger partial charge in [0.1, 0.15) is 0 Å². The second kappa shape index (κ2) is 3.68. The quantitative estimate of drug-likeness (QED) is 0.787. The van der Waals surface area contributed by atoms with Crippen LogP contribution in [0.15, 0.2) is 18.2 Å². The highest BCUT2D eigenvalue weighted by molar-refractivity contribution is 6.31. The van der Waals surface area contributed by atoms with Gasteiger partial charge < -0.3 is 5.32 Å². The van der Waals surface area contributed by atoms with Gasteiger partial charge >= 0.3 is 6.18 Å². The van der Waals surface area contributed by atoms with Gasteiger partial charge in [-0.25, -0.2) is 0 Å². The molecule has 2 rings (SSSR count). The van der Waals surface area contributed by atoms with Crippen LogP contribution in [0.4, 0.5) is 13.2 Å². The summed E-state index contributed by atoms with van der Waals surface area (Å²) >= 11 is 5.85. The maximum absolute atomic E-state index is 12.4. The molecule has 1 aliphatic heterocycles. The fourth-order valence-corrected chi connectivity index (χ4v) is 1.79. The highest BCUT2D eigenvalue weighted by Crippen LogP contribution is 2.35. The van der Waals surface area contributed by atoms with Crippen LogP contribution in [0.5, 0.6) is 0 Å². The predicted molar refractivity (Wildman–Crippen MR) is 51.8 cm³/mol. The molecule has 0 saturated carbocycles. The Morgan fingerprint density at radius 2 is 2.00 bits per heavy atom. The summed E-state index contributed by atoms with van der Waals surface area (Å²) in [5, 5.41) is 3.42. The molecule has 0 aromatic heterocycles. The lowest BCUT2D eigenvalue weighted by Gasteiger charge is -2.29. The maximum atomic E-state index is 12.4. The molecule has 1 N–H and O–H groups in total. The Labute approximate surface area is 90.2 Å². The Morgan fingerprint density at radius 3 is 2.47 bits per heavy atom. The van der Waals surface area contributed by atoms with Crippen molar-refractivity contribution in [3.05, 3.63) is 34.3 Å². The summed E-state index contributed by atoms with van der Waals surface area (Å²) in [5.74, 6) is 0. The zero-order valence-electron chi connectivity index (χ0n) is 7.74. The summed E-state index contributed by atoms with van der Waals surface area (Å²) in [6, 6.07) is 3.41. The molecule has 1 fully saturated rings. The molecule has 1 saturated heterocycles. The van der Waals surface area contributed by atoms with Gasteiger partial charge in [0.2, 0.25) is 0 Å². The first-order valence-electron chi connectivity index (χ1n) is 4.58. The van der Waals surface area contributed by atoms with Gasteiger partial charge in [-0.2, -0.15) is 13.2 Å². The average Bonchev–Trinajstić information content (AvgIpc) is 2.03. The summed E-state index contributed by atoms with van der Waals surface area (Å²) in [5.41, 5.74) is -0.103. The molecule has 0 bridgehead atoms. The zero-order chi connectivity index (χ0) is 11.1. The summed E-state index contributed by atoms with van der Waals surface area (Å²) in [4.78, 5) is 0. The Balaban J connectivity index is 2.36. The van der Waals surface area contributed by atoms with Crippen molar-refractivity contribution in [1.82, 2.24) is 5.32 Å². The van der Waals surface area contributed by atoms with Crippen LogP contribution in [0, 0.1) is 0 Å². The second-order valence-electron chi connectivity index (χ2n) is 3.53. The smallest absolute Gasteiger partial charge is 0.310 e. The van der Waals surface area contributed by atoms with E-state index < -0.39 is 11.7 Å². The largest absolute Gasteiger partial charge is 0.416 e. The molecule has 0 amide bonds. The lowest BCUT2D eigenvalue weighted by Crippen LogP contribution is -2.35. The molecule has 1 heterocycles.